The van der Waals surface area contributed by atoms with Gasteiger partial charge in [-0.25, -0.2) is 18.0 Å². The van der Waals surface area contributed by atoms with Crippen molar-refractivity contribution in [2.45, 2.75) is 19.2 Å². The summed E-state index contributed by atoms with van der Waals surface area (Å²) >= 11 is 0. The van der Waals surface area contributed by atoms with Gasteiger partial charge in [-0.05, 0) is 24.6 Å². The van der Waals surface area contributed by atoms with E-state index >= 15 is 0 Å². The number of esters is 1. The van der Waals surface area contributed by atoms with Crippen molar-refractivity contribution in [1.29, 1.82) is 0 Å². The minimum absolute atomic E-state index is 0.0508. The van der Waals surface area contributed by atoms with Crippen LogP contribution in [0.2, 0.25) is 0 Å². The van der Waals surface area contributed by atoms with Gasteiger partial charge in [-0.3, -0.25) is 4.79 Å². The molecule has 0 spiro atoms. The normalized spacial score (nSPS) is 12.4. The van der Waals surface area contributed by atoms with Crippen LogP contribution < -0.4 is 14.9 Å². The van der Waals surface area contributed by atoms with Crippen LogP contribution in [-0.4, -0.2) is 12.1 Å². The minimum atomic E-state index is -5.08. The summed E-state index contributed by atoms with van der Waals surface area (Å²) in [6.45, 7) is 0.857. The van der Waals surface area contributed by atoms with Crippen molar-refractivity contribution < 1.29 is 53.8 Å². The van der Waals surface area contributed by atoms with E-state index in [-0.39, 0.29) is 10.9 Å². The molecule has 0 amide bonds. The highest BCUT2D eigenvalue weighted by molar-refractivity contribution is 5.85. The van der Waals surface area contributed by atoms with Gasteiger partial charge < -0.3 is 13.9 Å². The Labute approximate surface area is 206 Å². The van der Waals surface area contributed by atoms with Crippen molar-refractivity contribution in [2.24, 2.45) is 0 Å². The highest BCUT2D eigenvalue weighted by atomic mass is 19.4. The fourth-order valence-electron chi connectivity index (χ4n) is 3.42. The molecule has 0 aliphatic carbocycles. The van der Waals surface area contributed by atoms with Crippen molar-refractivity contribution in [2.75, 3.05) is 0 Å². The lowest BCUT2D eigenvalue weighted by Crippen LogP contribution is -2.29. The summed E-state index contributed by atoms with van der Waals surface area (Å²) in [5, 5.41) is -0.289. The molecule has 0 aliphatic heterocycles. The lowest BCUT2D eigenvalue weighted by Gasteiger charge is -2.16. The topological polar surface area (TPSA) is 65.7 Å². The third-order valence-electron chi connectivity index (χ3n) is 5.20. The molecule has 13 heteroatoms. The van der Waals surface area contributed by atoms with Crippen molar-refractivity contribution in [3.8, 4) is 22.6 Å². The van der Waals surface area contributed by atoms with E-state index in [1.165, 1.54) is 30.3 Å². The second kappa shape index (κ2) is 9.80. The molecule has 0 saturated carbocycles. The molecule has 1 aromatic heterocycles. The van der Waals surface area contributed by atoms with Gasteiger partial charge in [0.2, 0.25) is 40.3 Å². The van der Waals surface area contributed by atoms with Gasteiger partial charge >= 0.3 is 12.1 Å². The van der Waals surface area contributed by atoms with Gasteiger partial charge in [0.05, 0.1) is 10.9 Å². The molecule has 4 rings (SSSR count). The molecule has 0 aliphatic rings. The smallest absolute Gasteiger partial charge is 0.450 e. The summed E-state index contributed by atoms with van der Waals surface area (Å²) in [5.74, 6) is -16.9. The predicted octanol–water partition coefficient (Wildman–Crippen LogP) is 6.55. The third kappa shape index (κ3) is 4.78. The fraction of sp³-hybridized carbons (Fsp3) is 0.120. The minimum Gasteiger partial charge on any atom is -0.473 e. The molecule has 1 atom stereocenters. The molecule has 0 fully saturated rings. The molecule has 0 bridgehead atoms. The molecular weight excluding hydrogens is 532 g/mol. The fourth-order valence-corrected chi connectivity index (χ4v) is 3.42. The Hall–Kier alpha value is -4.42. The second-order valence-corrected chi connectivity index (χ2v) is 7.74. The zero-order valence-electron chi connectivity index (χ0n) is 18.8. The van der Waals surface area contributed by atoms with Crippen molar-refractivity contribution in [3.63, 3.8) is 0 Å². The van der Waals surface area contributed by atoms with Crippen LogP contribution in [0, 0.1) is 29.1 Å². The highest BCUT2D eigenvalue weighted by Crippen LogP contribution is 2.38. The van der Waals surface area contributed by atoms with Crippen LogP contribution in [0.15, 0.2) is 57.7 Å². The Morgan fingerprint density at radius 2 is 1.45 bits per heavy atom. The van der Waals surface area contributed by atoms with Gasteiger partial charge in [0, 0.05) is 6.07 Å². The maximum Gasteiger partial charge on any atom is 0.450 e. The standard InChI is InChI=1S/C25H12F8O5/c1-10(36-22-19(29)17(27)16(26)18(28)20(22)30)24(35)37-12-7-8-13-14(9-12)38-23(25(31,32)33)15(21(13)34)11-5-3-2-4-6-11/h2-10H,1H3. The zero-order valence-corrected chi connectivity index (χ0v) is 18.8. The lowest BCUT2D eigenvalue weighted by atomic mass is 10.0. The van der Waals surface area contributed by atoms with Crippen LogP contribution >= 0.6 is 0 Å². The van der Waals surface area contributed by atoms with Gasteiger partial charge in [0.25, 0.3) is 0 Å². The van der Waals surface area contributed by atoms with Gasteiger partial charge in [-0.2, -0.15) is 22.0 Å². The number of carbonyl (C=O) groups excluding carboxylic acids is 1. The SMILES string of the molecule is CC(Oc1c(F)c(F)c(F)c(F)c1F)C(=O)Oc1ccc2c(=O)c(-c3ccccc3)c(C(F)(F)F)oc2c1. The first-order chi connectivity index (χ1) is 17.8. The first-order valence-corrected chi connectivity index (χ1v) is 10.4. The Morgan fingerprint density at radius 1 is 0.868 bits per heavy atom. The van der Waals surface area contributed by atoms with Gasteiger partial charge in [-0.15, -0.1) is 0 Å². The highest BCUT2D eigenvalue weighted by Gasteiger charge is 2.39. The molecular formula is C25H12F8O5. The van der Waals surface area contributed by atoms with E-state index in [0.29, 0.717) is 0 Å². The van der Waals surface area contributed by atoms with E-state index < -0.39 is 81.2 Å². The van der Waals surface area contributed by atoms with E-state index in [2.05, 4.69) is 4.74 Å². The second-order valence-electron chi connectivity index (χ2n) is 7.74. The summed E-state index contributed by atoms with van der Waals surface area (Å²) in [5.41, 5.74) is -2.42. The Balaban J connectivity index is 1.67. The van der Waals surface area contributed by atoms with Crippen LogP contribution in [0.4, 0.5) is 35.1 Å². The van der Waals surface area contributed by atoms with E-state index in [9.17, 15) is 44.7 Å². The van der Waals surface area contributed by atoms with Crippen molar-refractivity contribution in [1.82, 2.24) is 0 Å². The van der Waals surface area contributed by atoms with Crippen LogP contribution in [-0.2, 0) is 11.0 Å². The number of alkyl halides is 3. The van der Waals surface area contributed by atoms with Crippen molar-refractivity contribution >= 4 is 16.9 Å². The molecule has 0 radical (unpaired) electrons. The number of carbonyl (C=O) groups is 1. The molecule has 0 saturated heterocycles. The molecule has 3 aromatic carbocycles. The van der Waals surface area contributed by atoms with Crippen molar-refractivity contribution in [3.05, 3.63) is 93.6 Å². The molecule has 5 nitrogen and oxygen atoms in total. The number of ether oxygens (including phenoxy) is 2. The number of hydrogen-bond acceptors (Lipinski definition) is 5. The molecule has 38 heavy (non-hydrogen) atoms. The van der Waals surface area contributed by atoms with Gasteiger partial charge in [0.15, 0.2) is 11.9 Å². The molecule has 0 N–H and O–H groups in total. The van der Waals surface area contributed by atoms with Crippen LogP contribution in [0.1, 0.15) is 12.7 Å². The first kappa shape index (κ1) is 26.6. The number of halogens is 8. The maximum atomic E-state index is 13.8. The average molecular weight is 544 g/mol. The Kier molecular flexibility index (Phi) is 6.87. The lowest BCUT2D eigenvalue weighted by molar-refractivity contribution is -0.152. The number of fused-ring (bicyclic) bond motifs is 1. The first-order valence-electron chi connectivity index (χ1n) is 10.4. The summed E-state index contributed by atoms with van der Waals surface area (Å²) < 4.78 is 123. The van der Waals surface area contributed by atoms with E-state index in [4.69, 9.17) is 9.15 Å². The Morgan fingerprint density at radius 3 is 2.03 bits per heavy atom. The number of benzene rings is 3. The van der Waals surface area contributed by atoms with Gasteiger partial charge in [0.1, 0.15) is 11.3 Å². The average Bonchev–Trinajstić information content (AvgIpc) is 2.88. The largest absolute Gasteiger partial charge is 0.473 e. The number of hydrogen-bond donors (Lipinski definition) is 0. The van der Waals surface area contributed by atoms with Gasteiger partial charge in [-0.1, -0.05) is 30.3 Å². The summed E-state index contributed by atoms with van der Waals surface area (Å²) in [4.78, 5) is 25.3. The summed E-state index contributed by atoms with van der Waals surface area (Å²) in [6.07, 6.45) is -7.03. The molecule has 4 aromatic rings. The Bertz CT molecular complexity index is 1580. The number of rotatable bonds is 5. The van der Waals surface area contributed by atoms with E-state index in [0.717, 1.165) is 25.1 Å². The molecule has 198 valence electrons. The summed E-state index contributed by atoms with van der Waals surface area (Å²) in [6, 6.07) is 9.79. The third-order valence-corrected chi connectivity index (χ3v) is 5.20. The predicted molar refractivity (Wildman–Crippen MR) is 115 cm³/mol. The molecule has 1 unspecified atom stereocenters. The maximum absolute atomic E-state index is 13.8. The van der Waals surface area contributed by atoms with E-state index in [1.807, 2.05) is 0 Å². The van der Waals surface area contributed by atoms with E-state index in [1.54, 1.807) is 0 Å². The quantitative estimate of drug-likeness (QED) is 0.0938. The van der Waals surface area contributed by atoms with Crippen LogP contribution in [0.3, 0.4) is 0 Å². The van der Waals surface area contributed by atoms with Crippen LogP contribution in [0.25, 0.3) is 22.1 Å². The summed E-state index contributed by atoms with van der Waals surface area (Å²) in [7, 11) is 0. The zero-order chi connectivity index (χ0) is 27.9. The molecule has 1 heterocycles. The monoisotopic (exact) mass is 544 g/mol. The van der Waals surface area contributed by atoms with Crippen LogP contribution in [0.5, 0.6) is 11.5 Å².